The molecule has 1 aliphatic carbocycles. The van der Waals surface area contributed by atoms with Crippen LogP contribution in [0.5, 0.6) is 0 Å². The molecule has 2 aromatic rings. The number of aliphatic hydroxyl groups is 1. The summed E-state index contributed by atoms with van der Waals surface area (Å²) in [6.07, 6.45) is 1.58. The van der Waals surface area contributed by atoms with E-state index < -0.39 is 5.60 Å². The molecule has 0 unspecified atom stereocenters. The molecule has 1 fully saturated rings. The van der Waals surface area contributed by atoms with Crippen LogP contribution in [0, 0.1) is 11.8 Å². The summed E-state index contributed by atoms with van der Waals surface area (Å²) in [5.74, 6) is 1.88. The number of hydrogen-bond donors (Lipinski definition) is 1. The lowest BCUT2D eigenvalue weighted by Crippen LogP contribution is -2.42. The Morgan fingerprint density at radius 1 is 1.33 bits per heavy atom. The Morgan fingerprint density at radius 3 is 2.72 bits per heavy atom. The Labute approximate surface area is 112 Å². The highest BCUT2D eigenvalue weighted by Gasteiger charge is 2.47. The maximum absolute atomic E-state index is 10.5. The molecule has 18 heavy (non-hydrogen) atoms. The minimum atomic E-state index is -0.777. The fourth-order valence-electron chi connectivity index (χ4n) is 2.72. The molecular formula is C15H17ClO2. The van der Waals surface area contributed by atoms with Gasteiger partial charge >= 0.3 is 0 Å². The standard InChI is InChI=1S/C15H17ClO2/c1-9(2)11-7-15(17,8-11)14-6-10-5-12(16)3-4-13(10)18-14/h3-6,9,11,17H,7-8H2,1-2H3. The summed E-state index contributed by atoms with van der Waals surface area (Å²) in [5, 5.41) is 12.2. The molecule has 0 radical (unpaired) electrons. The summed E-state index contributed by atoms with van der Waals surface area (Å²) in [4.78, 5) is 0. The van der Waals surface area contributed by atoms with E-state index in [1.807, 2.05) is 18.2 Å². The maximum Gasteiger partial charge on any atom is 0.136 e. The van der Waals surface area contributed by atoms with Crippen LogP contribution in [0.15, 0.2) is 28.7 Å². The van der Waals surface area contributed by atoms with Crippen molar-refractivity contribution < 1.29 is 9.52 Å². The van der Waals surface area contributed by atoms with E-state index in [-0.39, 0.29) is 0 Å². The van der Waals surface area contributed by atoms with Gasteiger partial charge in [0.15, 0.2) is 0 Å². The Kier molecular flexibility index (Phi) is 2.68. The van der Waals surface area contributed by atoms with Crippen LogP contribution in [-0.2, 0) is 5.60 Å². The fourth-order valence-corrected chi connectivity index (χ4v) is 2.90. The van der Waals surface area contributed by atoms with Crippen molar-refractivity contribution in [3.8, 4) is 0 Å². The van der Waals surface area contributed by atoms with Crippen LogP contribution in [0.3, 0.4) is 0 Å². The average molecular weight is 265 g/mol. The van der Waals surface area contributed by atoms with E-state index in [4.69, 9.17) is 16.0 Å². The quantitative estimate of drug-likeness (QED) is 0.875. The Balaban J connectivity index is 1.91. The molecule has 1 saturated carbocycles. The van der Waals surface area contributed by atoms with Crippen molar-refractivity contribution in [2.24, 2.45) is 11.8 Å². The summed E-state index contributed by atoms with van der Waals surface area (Å²) < 4.78 is 5.75. The van der Waals surface area contributed by atoms with E-state index in [0.29, 0.717) is 22.6 Å². The zero-order valence-corrected chi connectivity index (χ0v) is 11.4. The van der Waals surface area contributed by atoms with Crippen molar-refractivity contribution in [2.45, 2.75) is 32.3 Å². The fraction of sp³-hybridized carbons (Fsp3) is 0.467. The van der Waals surface area contributed by atoms with Crippen LogP contribution in [0.4, 0.5) is 0 Å². The smallest absolute Gasteiger partial charge is 0.136 e. The number of rotatable bonds is 2. The van der Waals surface area contributed by atoms with Gasteiger partial charge in [-0.15, -0.1) is 0 Å². The minimum Gasteiger partial charge on any atom is -0.458 e. The summed E-state index contributed by atoms with van der Waals surface area (Å²) in [6.45, 7) is 4.39. The minimum absolute atomic E-state index is 0.590. The average Bonchev–Trinajstić information content (AvgIpc) is 2.67. The molecule has 96 valence electrons. The van der Waals surface area contributed by atoms with Gasteiger partial charge in [0.25, 0.3) is 0 Å². The van der Waals surface area contributed by atoms with E-state index in [9.17, 15) is 5.11 Å². The molecular weight excluding hydrogens is 248 g/mol. The molecule has 1 aliphatic rings. The van der Waals surface area contributed by atoms with Gasteiger partial charge < -0.3 is 9.52 Å². The summed E-state index contributed by atoms with van der Waals surface area (Å²) in [5.41, 5.74) is 0.0104. The molecule has 0 saturated heterocycles. The van der Waals surface area contributed by atoms with E-state index in [0.717, 1.165) is 23.8 Å². The monoisotopic (exact) mass is 264 g/mol. The molecule has 2 nitrogen and oxygen atoms in total. The first kappa shape index (κ1) is 12.1. The highest BCUT2D eigenvalue weighted by atomic mass is 35.5. The van der Waals surface area contributed by atoms with Gasteiger partial charge in [-0.1, -0.05) is 25.4 Å². The first-order valence-corrected chi connectivity index (χ1v) is 6.78. The molecule has 1 N–H and O–H groups in total. The topological polar surface area (TPSA) is 33.4 Å². The SMILES string of the molecule is CC(C)C1CC(O)(c2cc3cc(Cl)ccc3o2)C1. The van der Waals surface area contributed by atoms with Gasteiger partial charge in [0.2, 0.25) is 0 Å². The van der Waals surface area contributed by atoms with Gasteiger partial charge in [-0.05, 0) is 48.9 Å². The normalized spacial score (nSPS) is 27.7. The zero-order chi connectivity index (χ0) is 12.9. The zero-order valence-electron chi connectivity index (χ0n) is 10.6. The molecule has 1 aromatic carbocycles. The maximum atomic E-state index is 10.5. The Hall–Kier alpha value is -0.990. The van der Waals surface area contributed by atoms with Gasteiger partial charge in [-0.2, -0.15) is 0 Å². The predicted molar refractivity (Wildman–Crippen MR) is 72.7 cm³/mol. The summed E-state index contributed by atoms with van der Waals surface area (Å²) >= 11 is 5.95. The second kappa shape index (κ2) is 4.01. The second-order valence-electron chi connectivity index (χ2n) is 5.74. The van der Waals surface area contributed by atoms with Crippen LogP contribution in [0.1, 0.15) is 32.4 Å². The molecule has 0 spiro atoms. The van der Waals surface area contributed by atoms with Gasteiger partial charge in [0.05, 0.1) is 0 Å². The number of furan rings is 1. The molecule has 0 atom stereocenters. The van der Waals surface area contributed by atoms with Gasteiger partial charge in [-0.3, -0.25) is 0 Å². The van der Waals surface area contributed by atoms with Crippen LogP contribution < -0.4 is 0 Å². The summed E-state index contributed by atoms with van der Waals surface area (Å²) in [6, 6.07) is 7.44. The number of hydrogen-bond acceptors (Lipinski definition) is 2. The Morgan fingerprint density at radius 2 is 2.06 bits per heavy atom. The lowest BCUT2D eigenvalue weighted by Gasteiger charge is -2.44. The van der Waals surface area contributed by atoms with Crippen molar-refractivity contribution in [1.82, 2.24) is 0 Å². The summed E-state index contributed by atoms with van der Waals surface area (Å²) in [7, 11) is 0. The highest BCUT2D eigenvalue weighted by molar-refractivity contribution is 6.31. The van der Waals surface area contributed by atoms with Crippen molar-refractivity contribution in [3.05, 3.63) is 35.0 Å². The van der Waals surface area contributed by atoms with Gasteiger partial charge in [0, 0.05) is 10.4 Å². The van der Waals surface area contributed by atoms with Crippen LogP contribution in [0.2, 0.25) is 5.02 Å². The van der Waals surface area contributed by atoms with Crippen molar-refractivity contribution >= 4 is 22.6 Å². The van der Waals surface area contributed by atoms with Crippen LogP contribution in [-0.4, -0.2) is 5.11 Å². The number of fused-ring (bicyclic) bond motifs is 1. The largest absolute Gasteiger partial charge is 0.458 e. The molecule has 0 aliphatic heterocycles. The van der Waals surface area contributed by atoms with E-state index >= 15 is 0 Å². The molecule has 3 heteroatoms. The third-order valence-corrected chi connectivity index (χ3v) is 4.31. The molecule has 0 amide bonds. The van der Waals surface area contributed by atoms with E-state index in [1.54, 1.807) is 6.07 Å². The third-order valence-electron chi connectivity index (χ3n) is 4.08. The lowest BCUT2D eigenvalue weighted by molar-refractivity contribution is -0.107. The number of halogens is 1. The van der Waals surface area contributed by atoms with Crippen molar-refractivity contribution in [1.29, 1.82) is 0 Å². The highest BCUT2D eigenvalue weighted by Crippen LogP contribution is 2.49. The lowest BCUT2D eigenvalue weighted by atomic mass is 9.65. The molecule has 1 aromatic heterocycles. The van der Waals surface area contributed by atoms with Crippen molar-refractivity contribution in [2.75, 3.05) is 0 Å². The molecule has 1 heterocycles. The molecule has 0 bridgehead atoms. The van der Waals surface area contributed by atoms with E-state index in [2.05, 4.69) is 13.8 Å². The second-order valence-corrected chi connectivity index (χ2v) is 6.17. The van der Waals surface area contributed by atoms with Crippen LogP contribution in [0.25, 0.3) is 11.0 Å². The van der Waals surface area contributed by atoms with E-state index in [1.165, 1.54) is 0 Å². The number of benzene rings is 1. The first-order valence-electron chi connectivity index (χ1n) is 6.40. The predicted octanol–water partition coefficient (Wildman–Crippen LogP) is 4.34. The van der Waals surface area contributed by atoms with Gasteiger partial charge in [0.1, 0.15) is 16.9 Å². The van der Waals surface area contributed by atoms with Crippen molar-refractivity contribution in [3.63, 3.8) is 0 Å². The van der Waals surface area contributed by atoms with Gasteiger partial charge in [-0.25, -0.2) is 0 Å². The Bertz CT molecular complexity index is 579. The first-order chi connectivity index (χ1) is 8.48. The third kappa shape index (κ3) is 1.84. The molecule has 3 rings (SSSR count). The van der Waals surface area contributed by atoms with Crippen LogP contribution >= 0.6 is 11.6 Å².